The van der Waals surface area contributed by atoms with Crippen LogP contribution >= 0.6 is 15.9 Å². The summed E-state index contributed by atoms with van der Waals surface area (Å²) in [6.07, 6.45) is 1.91. The van der Waals surface area contributed by atoms with Crippen LogP contribution in [0, 0.1) is 0 Å². The van der Waals surface area contributed by atoms with Gasteiger partial charge in [0.2, 0.25) is 0 Å². The molecule has 0 aliphatic heterocycles. The highest BCUT2D eigenvalue weighted by Crippen LogP contribution is 2.29. The number of fused-ring (bicyclic) bond motifs is 1. The van der Waals surface area contributed by atoms with E-state index in [-0.39, 0.29) is 0 Å². The van der Waals surface area contributed by atoms with Gasteiger partial charge in [-0.25, -0.2) is 0 Å². The topological polar surface area (TPSA) is 25.0 Å². The average Bonchev–Trinajstić information content (AvgIpc) is 2.49. The number of hydrogen-bond acceptors (Lipinski definition) is 1. The summed E-state index contributed by atoms with van der Waals surface area (Å²) in [5.41, 5.74) is 1.11. The number of halogens is 1. The van der Waals surface area contributed by atoms with Crippen molar-refractivity contribution >= 4 is 26.8 Å². The molecule has 0 saturated carbocycles. The number of rotatable bonds is 1. The van der Waals surface area contributed by atoms with Crippen LogP contribution in [0.25, 0.3) is 10.9 Å². The molecule has 0 aliphatic rings. The van der Waals surface area contributed by atoms with Gasteiger partial charge in [0.1, 0.15) is 5.75 Å². The van der Waals surface area contributed by atoms with Crippen LogP contribution in [0.4, 0.5) is 0 Å². The normalized spacial score (nSPS) is 10.5. The molecule has 0 radical (unpaired) electrons. The number of hydrogen-bond donors (Lipinski definition) is 1. The van der Waals surface area contributed by atoms with Gasteiger partial charge < -0.3 is 9.72 Å². The molecule has 1 heterocycles. The molecule has 1 aromatic heterocycles. The first kappa shape index (κ1) is 7.68. The molecular formula is C9H8BrNO. The summed E-state index contributed by atoms with van der Waals surface area (Å²) in [7, 11) is 1.67. The first-order valence-electron chi connectivity index (χ1n) is 3.62. The number of benzene rings is 1. The van der Waals surface area contributed by atoms with Gasteiger partial charge >= 0.3 is 0 Å². The van der Waals surface area contributed by atoms with E-state index in [0.717, 1.165) is 21.1 Å². The number of methoxy groups -OCH3 is 1. The van der Waals surface area contributed by atoms with Crippen LogP contribution in [-0.2, 0) is 0 Å². The lowest BCUT2D eigenvalue weighted by molar-refractivity contribution is 0.413. The minimum absolute atomic E-state index is 0.863. The molecule has 0 unspecified atom stereocenters. The number of nitrogens with one attached hydrogen (secondary N) is 1. The molecule has 0 atom stereocenters. The summed E-state index contributed by atoms with van der Waals surface area (Å²) in [4.78, 5) is 3.13. The zero-order valence-electron chi connectivity index (χ0n) is 6.60. The lowest BCUT2D eigenvalue weighted by Crippen LogP contribution is -1.83. The van der Waals surface area contributed by atoms with E-state index in [1.165, 1.54) is 0 Å². The molecule has 0 saturated heterocycles. The second-order valence-corrected chi connectivity index (χ2v) is 3.41. The number of aromatic nitrogens is 1. The molecule has 0 fully saturated rings. The second-order valence-electron chi connectivity index (χ2n) is 2.55. The Kier molecular flexibility index (Phi) is 1.81. The average molecular weight is 226 g/mol. The molecule has 2 rings (SSSR count). The van der Waals surface area contributed by atoms with Crippen molar-refractivity contribution in [3.63, 3.8) is 0 Å². The maximum atomic E-state index is 5.16. The Labute approximate surface area is 78.7 Å². The van der Waals surface area contributed by atoms with Crippen LogP contribution in [0.3, 0.4) is 0 Å². The summed E-state index contributed by atoms with van der Waals surface area (Å²) in [5, 5.41) is 1.16. The zero-order valence-corrected chi connectivity index (χ0v) is 8.18. The van der Waals surface area contributed by atoms with Gasteiger partial charge in [-0.1, -0.05) is 0 Å². The Balaban J connectivity index is 2.73. The van der Waals surface area contributed by atoms with E-state index in [0.29, 0.717) is 0 Å². The highest BCUT2D eigenvalue weighted by Gasteiger charge is 2.02. The van der Waals surface area contributed by atoms with E-state index in [9.17, 15) is 0 Å². The second kappa shape index (κ2) is 2.83. The van der Waals surface area contributed by atoms with Gasteiger partial charge in [-0.3, -0.25) is 0 Å². The monoisotopic (exact) mass is 225 g/mol. The maximum absolute atomic E-state index is 5.16. The van der Waals surface area contributed by atoms with Crippen molar-refractivity contribution in [3.05, 3.63) is 28.9 Å². The van der Waals surface area contributed by atoms with E-state index < -0.39 is 0 Å². The van der Waals surface area contributed by atoms with Gasteiger partial charge in [0.25, 0.3) is 0 Å². The smallest absolute Gasteiger partial charge is 0.133 e. The van der Waals surface area contributed by atoms with Crippen molar-refractivity contribution in [3.8, 4) is 5.75 Å². The first-order valence-corrected chi connectivity index (χ1v) is 4.41. The Bertz CT molecular complexity index is 408. The Morgan fingerprint density at radius 3 is 3.00 bits per heavy atom. The molecule has 2 aromatic rings. The molecule has 12 heavy (non-hydrogen) atoms. The van der Waals surface area contributed by atoms with Crippen molar-refractivity contribution in [1.82, 2.24) is 4.98 Å². The third-order valence-corrected chi connectivity index (χ3v) is 2.45. The van der Waals surface area contributed by atoms with Gasteiger partial charge in [-0.05, 0) is 34.1 Å². The Morgan fingerprint density at radius 1 is 1.42 bits per heavy atom. The van der Waals surface area contributed by atoms with Gasteiger partial charge in [-0.2, -0.15) is 0 Å². The number of H-pyrrole nitrogens is 1. The summed E-state index contributed by atoms with van der Waals surface area (Å²) >= 11 is 3.42. The molecule has 0 amide bonds. The lowest BCUT2D eigenvalue weighted by Gasteiger charge is -2.02. The van der Waals surface area contributed by atoms with Crippen molar-refractivity contribution in [2.75, 3.05) is 7.11 Å². The lowest BCUT2D eigenvalue weighted by atomic mass is 10.2. The third kappa shape index (κ3) is 1.10. The summed E-state index contributed by atoms with van der Waals surface area (Å²) in [6, 6.07) is 6.02. The molecule has 1 aromatic carbocycles. The van der Waals surface area contributed by atoms with Gasteiger partial charge in [-0.15, -0.1) is 0 Å². The first-order chi connectivity index (χ1) is 5.81. The molecule has 3 heteroatoms. The minimum Gasteiger partial charge on any atom is -0.496 e. The van der Waals surface area contributed by atoms with Crippen LogP contribution in [0.2, 0.25) is 0 Å². The van der Waals surface area contributed by atoms with Crippen LogP contribution in [0.15, 0.2) is 28.9 Å². The Morgan fingerprint density at radius 2 is 2.25 bits per heavy atom. The summed E-state index contributed by atoms with van der Waals surface area (Å²) in [6.45, 7) is 0. The fourth-order valence-electron chi connectivity index (χ4n) is 1.21. The highest BCUT2D eigenvalue weighted by atomic mass is 79.9. The SMILES string of the molecule is COc1cc2cc[nH]c2cc1Br. The van der Waals surface area contributed by atoms with Gasteiger partial charge in [0.05, 0.1) is 11.6 Å². The molecule has 1 N–H and O–H groups in total. The highest BCUT2D eigenvalue weighted by molar-refractivity contribution is 9.10. The van der Waals surface area contributed by atoms with E-state index >= 15 is 0 Å². The van der Waals surface area contributed by atoms with Crippen molar-refractivity contribution in [2.24, 2.45) is 0 Å². The molecule has 0 spiro atoms. The summed E-state index contributed by atoms with van der Waals surface area (Å²) in [5.74, 6) is 0.863. The number of ether oxygens (including phenoxy) is 1. The largest absolute Gasteiger partial charge is 0.496 e. The quantitative estimate of drug-likeness (QED) is 0.794. The van der Waals surface area contributed by atoms with Crippen LogP contribution in [0.1, 0.15) is 0 Å². The Hall–Kier alpha value is -0.960. The summed E-state index contributed by atoms with van der Waals surface area (Å²) < 4.78 is 6.13. The zero-order chi connectivity index (χ0) is 8.55. The molecular weight excluding hydrogens is 218 g/mol. The van der Waals surface area contributed by atoms with Gasteiger partial charge in [0, 0.05) is 17.1 Å². The van der Waals surface area contributed by atoms with Crippen molar-refractivity contribution in [2.45, 2.75) is 0 Å². The third-order valence-electron chi connectivity index (χ3n) is 1.83. The maximum Gasteiger partial charge on any atom is 0.133 e. The standard InChI is InChI=1S/C9H8BrNO/c1-12-9-4-6-2-3-11-8(6)5-7(9)10/h2-5,11H,1H3. The number of aromatic amines is 1. The van der Waals surface area contributed by atoms with Crippen molar-refractivity contribution in [1.29, 1.82) is 0 Å². The van der Waals surface area contributed by atoms with E-state index in [4.69, 9.17) is 4.74 Å². The van der Waals surface area contributed by atoms with Gasteiger partial charge in [0.15, 0.2) is 0 Å². The van der Waals surface area contributed by atoms with E-state index in [1.807, 2.05) is 24.4 Å². The van der Waals surface area contributed by atoms with E-state index in [1.54, 1.807) is 7.11 Å². The minimum atomic E-state index is 0.863. The van der Waals surface area contributed by atoms with E-state index in [2.05, 4.69) is 20.9 Å². The molecule has 0 aliphatic carbocycles. The fraction of sp³-hybridized carbons (Fsp3) is 0.111. The molecule has 0 bridgehead atoms. The fourth-order valence-corrected chi connectivity index (χ4v) is 1.71. The molecule has 2 nitrogen and oxygen atoms in total. The molecule has 62 valence electrons. The van der Waals surface area contributed by atoms with Crippen LogP contribution in [0.5, 0.6) is 5.75 Å². The predicted molar refractivity (Wildman–Crippen MR) is 52.6 cm³/mol. The van der Waals surface area contributed by atoms with Crippen molar-refractivity contribution < 1.29 is 4.74 Å². The van der Waals surface area contributed by atoms with Crippen LogP contribution < -0.4 is 4.74 Å². The van der Waals surface area contributed by atoms with Crippen LogP contribution in [-0.4, -0.2) is 12.1 Å². The predicted octanol–water partition coefficient (Wildman–Crippen LogP) is 2.94.